The lowest BCUT2D eigenvalue weighted by molar-refractivity contribution is -0.121. The fourth-order valence-corrected chi connectivity index (χ4v) is 3.41. The van der Waals surface area contributed by atoms with E-state index in [2.05, 4.69) is 31.2 Å². The van der Waals surface area contributed by atoms with Crippen molar-refractivity contribution in [1.29, 1.82) is 0 Å². The minimum atomic E-state index is 0.00324. The van der Waals surface area contributed by atoms with Crippen LogP contribution in [0.1, 0.15) is 17.8 Å². The summed E-state index contributed by atoms with van der Waals surface area (Å²) in [4.78, 5) is 20.5. The number of hydrogen-bond acceptors (Lipinski definition) is 5. The third kappa shape index (κ3) is 5.64. The SMILES string of the molecule is O=C(CCCOc1cccc(Br)c1)NCc1nc(-c2ccncc2)cs1. The van der Waals surface area contributed by atoms with E-state index in [1.807, 2.05) is 41.8 Å². The highest BCUT2D eigenvalue weighted by molar-refractivity contribution is 9.10. The number of amides is 1. The number of thiazole rings is 1. The predicted octanol–water partition coefficient (Wildman–Crippen LogP) is 4.44. The van der Waals surface area contributed by atoms with Crippen molar-refractivity contribution in [3.8, 4) is 17.0 Å². The predicted molar refractivity (Wildman–Crippen MR) is 106 cm³/mol. The van der Waals surface area contributed by atoms with Crippen LogP contribution in [0.2, 0.25) is 0 Å². The second-order valence-corrected chi connectivity index (χ2v) is 7.41. The van der Waals surface area contributed by atoms with E-state index >= 15 is 0 Å². The zero-order chi connectivity index (χ0) is 18.2. The number of halogens is 1. The van der Waals surface area contributed by atoms with E-state index in [0.29, 0.717) is 26.0 Å². The van der Waals surface area contributed by atoms with Crippen LogP contribution in [0.25, 0.3) is 11.3 Å². The Bertz CT molecular complexity index is 855. The van der Waals surface area contributed by atoms with E-state index in [1.54, 1.807) is 12.4 Å². The van der Waals surface area contributed by atoms with Crippen molar-refractivity contribution in [1.82, 2.24) is 15.3 Å². The van der Waals surface area contributed by atoms with Crippen molar-refractivity contribution in [2.45, 2.75) is 19.4 Å². The summed E-state index contributed by atoms with van der Waals surface area (Å²) in [6.45, 7) is 0.953. The minimum Gasteiger partial charge on any atom is -0.494 e. The summed E-state index contributed by atoms with van der Waals surface area (Å²) in [5.74, 6) is 0.801. The summed E-state index contributed by atoms with van der Waals surface area (Å²) in [5, 5.41) is 5.78. The van der Waals surface area contributed by atoms with Gasteiger partial charge in [0.15, 0.2) is 0 Å². The van der Waals surface area contributed by atoms with Crippen LogP contribution < -0.4 is 10.1 Å². The Hall–Kier alpha value is -2.25. The van der Waals surface area contributed by atoms with Crippen molar-refractivity contribution < 1.29 is 9.53 Å². The number of rotatable bonds is 8. The molecule has 1 aromatic carbocycles. The Kier molecular flexibility index (Phi) is 6.74. The molecule has 0 aliphatic carbocycles. The summed E-state index contributed by atoms with van der Waals surface area (Å²) >= 11 is 4.94. The summed E-state index contributed by atoms with van der Waals surface area (Å²) in [6, 6.07) is 11.5. The van der Waals surface area contributed by atoms with Crippen LogP contribution in [0.4, 0.5) is 0 Å². The minimum absolute atomic E-state index is 0.00324. The molecule has 0 fully saturated rings. The maximum atomic E-state index is 12.0. The van der Waals surface area contributed by atoms with Crippen molar-refractivity contribution >= 4 is 33.2 Å². The molecule has 3 rings (SSSR count). The molecule has 0 bridgehead atoms. The second-order valence-electron chi connectivity index (χ2n) is 5.55. The normalized spacial score (nSPS) is 10.5. The number of nitrogens with zero attached hydrogens (tertiary/aromatic N) is 2. The van der Waals surface area contributed by atoms with Gasteiger partial charge < -0.3 is 10.1 Å². The smallest absolute Gasteiger partial charge is 0.220 e. The number of aromatic nitrogens is 2. The molecule has 0 aliphatic rings. The van der Waals surface area contributed by atoms with E-state index in [4.69, 9.17) is 4.74 Å². The molecule has 26 heavy (non-hydrogen) atoms. The fourth-order valence-electron chi connectivity index (χ4n) is 2.29. The molecule has 134 valence electrons. The van der Waals surface area contributed by atoms with Gasteiger partial charge in [0.05, 0.1) is 18.8 Å². The molecular weight excluding hydrogens is 414 g/mol. The van der Waals surface area contributed by atoms with Gasteiger partial charge >= 0.3 is 0 Å². The Labute approximate surface area is 164 Å². The molecule has 0 spiro atoms. The summed E-state index contributed by atoms with van der Waals surface area (Å²) in [5.41, 5.74) is 1.93. The van der Waals surface area contributed by atoms with Crippen molar-refractivity contribution in [3.05, 3.63) is 63.7 Å². The third-order valence-corrected chi connectivity index (χ3v) is 4.92. The number of ether oxygens (including phenoxy) is 1. The molecule has 2 heterocycles. The van der Waals surface area contributed by atoms with Crippen LogP contribution in [0, 0.1) is 0 Å². The molecular formula is C19H18BrN3O2S. The highest BCUT2D eigenvalue weighted by Crippen LogP contribution is 2.21. The highest BCUT2D eigenvalue weighted by Gasteiger charge is 2.07. The Morgan fingerprint density at radius 2 is 2.08 bits per heavy atom. The van der Waals surface area contributed by atoms with Crippen LogP contribution >= 0.6 is 27.3 Å². The largest absolute Gasteiger partial charge is 0.494 e. The Morgan fingerprint density at radius 1 is 1.23 bits per heavy atom. The monoisotopic (exact) mass is 431 g/mol. The molecule has 1 amide bonds. The first kappa shape index (κ1) is 18.5. The van der Waals surface area contributed by atoms with Gasteiger partial charge in [-0.05, 0) is 36.8 Å². The lowest BCUT2D eigenvalue weighted by Crippen LogP contribution is -2.22. The molecule has 2 aromatic heterocycles. The van der Waals surface area contributed by atoms with Gasteiger partial charge in [0, 0.05) is 34.2 Å². The van der Waals surface area contributed by atoms with Crippen molar-refractivity contribution in [2.75, 3.05) is 6.61 Å². The standard InChI is InChI=1S/C19H18BrN3O2S/c20-15-3-1-4-16(11-15)25-10-2-5-18(24)22-12-19-23-17(13-26-19)14-6-8-21-9-7-14/h1,3-4,6-9,11,13H,2,5,10,12H2,(H,22,24). The maximum Gasteiger partial charge on any atom is 0.220 e. The molecule has 0 aliphatic heterocycles. The molecule has 1 N–H and O–H groups in total. The first-order chi connectivity index (χ1) is 12.7. The van der Waals surface area contributed by atoms with Gasteiger partial charge in [0.1, 0.15) is 10.8 Å². The number of carbonyl (C=O) groups excluding carboxylic acids is 1. The van der Waals surface area contributed by atoms with Gasteiger partial charge in [-0.1, -0.05) is 22.0 Å². The van der Waals surface area contributed by atoms with Crippen LogP contribution in [-0.4, -0.2) is 22.5 Å². The van der Waals surface area contributed by atoms with Gasteiger partial charge in [-0.25, -0.2) is 4.98 Å². The molecule has 5 nitrogen and oxygen atoms in total. The van der Waals surface area contributed by atoms with E-state index in [0.717, 1.165) is 26.5 Å². The third-order valence-electron chi connectivity index (χ3n) is 3.58. The Balaban J connectivity index is 1.37. The first-order valence-electron chi connectivity index (χ1n) is 8.20. The topological polar surface area (TPSA) is 64.1 Å². The second kappa shape index (κ2) is 9.45. The number of nitrogens with one attached hydrogen (secondary N) is 1. The van der Waals surface area contributed by atoms with Crippen LogP contribution in [-0.2, 0) is 11.3 Å². The zero-order valence-corrected chi connectivity index (χ0v) is 16.4. The lowest BCUT2D eigenvalue weighted by atomic mass is 10.2. The van der Waals surface area contributed by atoms with Crippen LogP contribution in [0.5, 0.6) is 5.75 Å². The molecule has 0 atom stereocenters. The fraction of sp³-hybridized carbons (Fsp3) is 0.211. The quantitative estimate of drug-likeness (QED) is 0.535. The van der Waals surface area contributed by atoms with E-state index < -0.39 is 0 Å². The first-order valence-corrected chi connectivity index (χ1v) is 9.88. The Morgan fingerprint density at radius 3 is 2.88 bits per heavy atom. The van der Waals surface area contributed by atoms with Crippen LogP contribution in [0.15, 0.2) is 58.6 Å². The van der Waals surface area contributed by atoms with E-state index in [-0.39, 0.29) is 5.91 Å². The number of carbonyl (C=O) groups is 1. The molecule has 0 saturated heterocycles. The van der Waals surface area contributed by atoms with Gasteiger partial charge in [-0.3, -0.25) is 9.78 Å². The molecule has 0 unspecified atom stereocenters. The number of benzene rings is 1. The lowest BCUT2D eigenvalue weighted by Gasteiger charge is -2.06. The van der Waals surface area contributed by atoms with Gasteiger partial charge in [-0.15, -0.1) is 11.3 Å². The molecule has 0 saturated carbocycles. The van der Waals surface area contributed by atoms with E-state index in [1.165, 1.54) is 11.3 Å². The molecule has 3 aromatic rings. The summed E-state index contributed by atoms with van der Waals surface area (Å²) in [7, 11) is 0. The highest BCUT2D eigenvalue weighted by atomic mass is 79.9. The molecule has 7 heteroatoms. The number of pyridine rings is 1. The maximum absolute atomic E-state index is 12.0. The average molecular weight is 432 g/mol. The van der Waals surface area contributed by atoms with Gasteiger partial charge in [-0.2, -0.15) is 0 Å². The van der Waals surface area contributed by atoms with E-state index in [9.17, 15) is 4.79 Å². The molecule has 0 radical (unpaired) electrons. The summed E-state index contributed by atoms with van der Waals surface area (Å²) < 4.78 is 6.60. The summed E-state index contributed by atoms with van der Waals surface area (Å²) in [6.07, 6.45) is 4.58. The van der Waals surface area contributed by atoms with Crippen LogP contribution in [0.3, 0.4) is 0 Å². The van der Waals surface area contributed by atoms with Gasteiger partial charge in [0.2, 0.25) is 5.91 Å². The van der Waals surface area contributed by atoms with Crippen molar-refractivity contribution in [2.24, 2.45) is 0 Å². The zero-order valence-electron chi connectivity index (χ0n) is 14.0. The van der Waals surface area contributed by atoms with Gasteiger partial charge in [0.25, 0.3) is 0 Å². The van der Waals surface area contributed by atoms with Crippen molar-refractivity contribution in [3.63, 3.8) is 0 Å². The number of hydrogen-bond donors (Lipinski definition) is 1. The average Bonchev–Trinajstić information content (AvgIpc) is 3.13.